The standard InChI is InChI=1S/C14H25NO5/c1-19-12-7-6-9(8-16)20-14(12,13(15)18)10-4-2-3-5-11(10)17/h9-12,16-17H,2-8H2,1H3,(H2,15,18)/t9?,10-,11-,12?,14?/m0/s1. The molecule has 1 aliphatic heterocycles. The van der Waals surface area contributed by atoms with E-state index < -0.39 is 29.8 Å². The van der Waals surface area contributed by atoms with Gasteiger partial charge in [0.1, 0.15) is 0 Å². The lowest BCUT2D eigenvalue weighted by Crippen LogP contribution is -2.66. The molecule has 0 aromatic rings. The first kappa shape index (κ1) is 15.7. The normalized spacial score (nSPS) is 42.4. The molecule has 1 heterocycles. The van der Waals surface area contributed by atoms with Crippen LogP contribution in [-0.4, -0.2) is 53.7 Å². The Bertz CT molecular complexity index is 350. The van der Waals surface area contributed by atoms with Crippen LogP contribution in [0, 0.1) is 5.92 Å². The highest BCUT2D eigenvalue weighted by molar-refractivity contribution is 5.85. The van der Waals surface area contributed by atoms with Gasteiger partial charge in [0, 0.05) is 13.0 Å². The zero-order valence-corrected chi connectivity index (χ0v) is 12.0. The molecule has 2 aliphatic rings. The van der Waals surface area contributed by atoms with Crippen molar-refractivity contribution in [3.05, 3.63) is 0 Å². The number of amides is 1. The van der Waals surface area contributed by atoms with Crippen LogP contribution in [0.15, 0.2) is 0 Å². The van der Waals surface area contributed by atoms with Crippen molar-refractivity contribution in [2.45, 2.75) is 62.4 Å². The van der Waals surface area contributed by atoms with Gasteiger partial charge in [-0.15, -0.1) is 0 Å². The molecule has 0 bridgehead atoms. The summed E-state index contributed by atoms with van der Waals surface area (Å²) in [4.78, 5) is 12.2. The lowest BCUT2D eigenvalue weighted by Gasteiger charge is -2.50. The van der Waals surface area contributed by atoms with Crippen molar-refractivity contribution in [2.75, 3.05) is 13.7 Å². The van der Waals surface area contributed by atoms with Gasteiger partial charge in [-0.3, -0.25) is 4.79 Å². The number of aliphatic hydroxyl groups excluding tert-OH is 2. The fourth-order valence-electron chi connectivity index (χ4n) is 3.72. The maximum absolute atomic E-state index is 12.2. The molecule has 2 fully saturated rings. The molecular formula is C14H25NO5. The summed E-state index contributed by atoms with van der Waals surface area (Å²) in [5, 5.41) is 19.6. The second-order valence-corrected chi connectivity index (χ2v) is 5.84. The van der Waals surface area contributed by atoms with Crippen LogP contribution < -0.4 is 5.73 Å². The van der Waals surface area contributed by atoms with E-state index in [1.54, 1.807) is 0 Å². The van der Waals surface area contributed by atoms with E-state index >= 15 is 0 Å². The molecule has 1 saturated carbocycles. The molecule has 3 unspecified atom stereocenters. The van der Waals surface area contributed by atoms with Crippen LogP contribution in [0.1, 0.15) is 38.5 Å². The third kappa shape index (κ3) is 2.57. The number of methoxy groups -OCH3 is 1. The van der Waals surface area contributed by atoms with Gasteiger partial charge in [-0.1, -0.05) is 12.8 Å². The monoisotopic (exact) mass is 287 g/mol. The second-order valence-electron chi connectivity index (χ2n) is 5.84. The Morgan fingerprint density at radius 1 is 1.35 bits per heavy atom. The van der Waals surface area contributed by atoms with E-state index in [2.05, 4.69) is 0 Å². The highest BCUT2D eigenvalue weighted by atomic mass is 16.6. The van der Waals surface area contributed by atoms with E-state index in [0.29, 0.717) is 25.7 Å². The van der Waals surface area contributed by atoms with Gasteiger partial charge in [0.05, 0.1) is 24.9 Å². The maximum Gasteiger partial charge on any atom is 0.252 e. The third-order valence-electron chi connectivity index (χ3n) is 4.74. The summed E-state index contributed by atoms with van der Waals surface area (Å²) in [6.07, 6.45) is 2.88. The van der Waals surface area contributed by atoms with Crippen molar-refractivity contribution >= 4 is 5.91 Å². The average Bonchev–Trinajstić information content (AvgIpc) is 2.46. The number of hydrogen-bond acceptors (Lipinski definition) is 5. The van der Waals surface area contributed by atoms with Crippen molar-refractivity contribution in [2.24, 2.45) is 11.7 Å². The zero-order valence-electron chi connectivity index (χ0n) is 12.0. The number of rotatable bonds is 4. The maximum atomic E-state index is 12.2. The molecule has 6 heteroatoms. The predicted octanol–water partition coefficient (Wildman–Crippen LogP) is -0.0521. The quantitative estimate of drug-likeness (QED) is 0.673. The lowest BCUT2D eigenvalue weighted by molar-refractivity contribution is -0.238. The molecule has 0 aromatic heterocycles. The number of primary amides is 1. The van der Waals surface area contributed by atoms with Crippen LogP contribution in [0.3, 0.4) is 0 Å². The highest BCUT2D eigenvalue weighted by Crippen LogP contribution is 2.43. The molecule has 4 N–H and O–H groups in total. The van der Waals surface area contributed by atoms with Gasteiger partial charge >= 0.3 is 0 Å². The molecule has 0 spiro atoms. The van der Waals surface area contributed by atoms with E-state index in [4.69, 9.17) is 15.2 Å². The minimum atomic E-state index is -1.33. The van der Waals surface area contributed by atoms with E-state index in [1.807, 2.05) is 0 Å². The van der Waals surface area contributed by atoms with Crippen LogP contribution in [0.4, 0.5) is 0 Å². The SMILES string of the molecule is COC1CCC(CO)OC1(C(N)=O)[C@H]1CCCC[C@@H]1O. The summed E-state index contributed by atoms with van der Waals surface area (Å²) >= 11 is 0. The summed E-state index contributed by atoms with van der Waals surface area (Å²) in [5.41, 5.74) is 4.31. The number of hydrogen-bond donors (Lipinski definition) is 3. The van der Waals surface area contributed by atoms with Crippen molar-refractivity contribution in [1.29, 1.82) is 0 Å². The highest BCUT2D eigenvalue weighted by Gasteiger charge is 2.57. The Morgan fingerprint density at radius 3 is 2.60 bits per heavy atom. The first-order chi connectivity index (χ1) is 9.56. The minimum Gasteiger partial charge on any atom is -0.394 e. The van der Waals surface area contributed by atoms with Crippen LogP contribution >= 0.6 is 0 Å². The molecule has 1 saturated heterocycles. The predicted molar refractivity (Wildman–Crippen MR) is 71.9 cm³/mol. The van der Waals surface area contributed by atoms with Gasteiger partial charge in [-0.25, -0.2) is 0 Å². The molecule has 20 heavy (non-hydrogen) atoms. The molecule has 1 amide bonds. The van der Waals surface area contributed by atoms with E-state index in [-0.39, 0.29) is 12.5 Å². The fourth-order valence-corrected chi connectivity index (χ4v) is 3.72. The third-order valence-corrected chi connectivity index (χ3v) is 4.74. The largest absolute Gasteiger partial charge is 0.394 e. The molecule has 6 nitrogen and oxygen atoms in total. The van der Waals surface area contributed by atoms with Gasteiger partial charge in [0.2, 0.25) is 0 Å². The molecule has 116 valence electrons. The number of carbonyl (C=O) groups excluding carboxylic acids is 1. The zero-order chi connectivity index (χ0) is 14.8. The Kier molecular flexibility index (Phi) is 5.01. The Labute approximate surface area is 119 Å². The Hall–Kier alpha value is -0.690. The molecule has 1 aliphatic carbocycles. The summed E-state index contributed by atoms with van der Waals surface area (Å²) < 4.78 is 11.3. The van der Waals surface area contributed by atoms with Crippen LogP contribution in [0.5, 0.6) is 0 Å². The van der Waals surface area contributed by atoms with Crippen molar-refractivity contribution in [3.8, 4) is 0 Å². The average molecular weight is 287 g/mol. The number of aliphatic hydroxyl groups is 2. The van der Waals surface area contributed by atoms with Gasteiger partial charge in [-0.2, -0.15) is 0 Å². The first-order valence-electron chi connectivity index (χ1n) is 7.35. The number of carbonyl (C=O) groups is 1. The van der Waals surface area contributed by atoms with Crippen LogP contribution in [0.2, 0.25) is 0 Å². The van der Waals surface area contributed by atoms with E-state index in [0.717, 1.165) is 12.8 Å². The van der Waals surface area contributed by atoms with E-state index in [1.165, 1.54) is 7.11 Å². The lowest BCUT2D eigenvalue weighted by atomic mass is 9.69. The number of nitrogens with two attached hydrogens (primary N) is 1. The Balaban J connectivity index is 2.35. The summed E-state index contributed by atoms with van der Waals surface area (Å²) in [5.74, 6) is -0.971. The molecule has 0 radical (unpaired) electrons. The van der Waals surface area contributed by atoms with Gasteiger partial charge in [0.25, 0.3) is 5.91 Å². The minimum absolute atomic E-state index is 0.158. The van der Waals surface area contributed by atoms with E-state index in [9.17, 15) is 15.0 Å². The van der Waals surface area contributed by atoms with Crippen molar-refractivity contribution in [1.82, 2.24) is 0 Å². The van der Waals surface area contributed by atoms with Crippen LogP contribution in [-0.2, 0) is 14.3 Å². The number of ether oxygens (including phenoxy) is 2. The van der Waals surface area contributed by atoms with Crippen molar-refractivity contribution < 1.29 is 24.5 Å². The second kappa shape index (κ2) is 6.39. The fraction of sp³-hybridized carbons (Fsp3) is 0.929. The van der Waals surface area contributed by atoms with Crippen LogP contribution in [0.25, 0.3) is 0 Å². The van der Waals surface area contributed by atoms with Gasteiger partial charge in [0.15, 0.2) is 5.60 Å². The van der Waals surface area contributed by atoms with Crippen molar-refractivity contribution in [3.63, 3.8) is 0 Å². The van der Waals surface area contributed by atoms with Gasteiger partial charge in [-0.05, 0) is 25.7 Å². The molecular weight excluding hydrogens is 262 g/mol. The summed E-state index contributed by atoms with van der Waals surface area (Å²) in [6.45, 7) is -0.158. The first-order valence-corrected chi connectivity index (χ1v) is 7.35. The molecule has 5 atom stereocenters. The topological polar surface area (TPSA) is 102 Å². The molecule has 2 rings (SSSR count). The summed E-state index contributed by atoms with van der Waals surface area (Å²) in [6, 6.07) is 0. The van der Waals surface area contributed by atoms with Gasteiger partial charge < -0.3 is 25.4 Å². The molecule has 0 aromatic carbocycles. The Morgan fingerprint density at radius 2 is 2.05 bits per heavy atom. The smallest absolute Gasteiger partial charge is 0.252 e. The summed E-state index contributed by atoms with van der Waals surface area (Å²) in [7, 11) is 1.53.